The normalized spacial score (nSPS) is 13.4. The van der Waals surface area contributed by atoms with Gasteiger partial charge in [-0.1, -0.05) is 30.3 Å². The van der Waals surface area contributed by atoms with Crippen LogP contribution in [-0.2, 0) is 0 Å². The number of phenols is 1. The predicted molar refractivity (Wildman–Crippen MR) is 110 cm³/mol. The highest BCUT2D eigenvalue weighted by Gasteiger charge is 2.23. The Hall–Kier alpha value is -3.80. The van der Waals surface area contributed by atoms with Crippen LogP contribution in [0.25, 0.3) is 10.9 Å². The highest BCUT2D eigenvalue weighted by Crippen LogP contribution is 2.40. The second-order valence-electron chi connectivity index (χ2n) is 6.93. The zero-order valence-electron chi connectivity index (χ0n) is 15.8. The topological polar surface area (TPSA) is 76.5 Å². The molecule has 3 heterocycles. The Morgan fingerprint density at radius 2 is 1.86 bits per heavy atom. The van der Waals surface area contributed by atoms with Gasteiger partial charge in [-0.3, -0.25) is 0 Å². The molecule has 0 saturated heterocycles. The Morgan fingerprint density at radius 3 is 2.72 bits per heavy atom. The summed E-state index contributed by atoms with van der Waals surface area (Å²) in [6, 6.07) is 18.9. The number of pyridine rings is 2. The molecule has 6 nitrogen and oxygen atoms in total. The van der Waals surface area contributed by atoms with Gasteiger partial charge in [-0.2, -0.15) is 0 Å². The molecule has 0 bridgehead atoms. The molecule has 5 rings (SSSR count). The highest BCUT2D eigenvalue weighted by atomic mass is 16.7. The quantitative estimate of drug-likeness (QED) is 0.536. The van der Waals surface area contributed by atoms with Crippen molar-refractivity contribution in [1.29, 1.82) is 0 Å². The number of ether oxygens (including phenoxy) is 2. The number of hydrogen-bond donors (Lipinski definition) is 2. The summed E-state index contributed by atoms with van der Waals surface area (Å²) in [7, 11) is 0. The van der Waals surface area contributed by atoms with Crippen molar-refractivity contribution in [2.24, 2.45) is 0 Å². The number of aryl methyl sites for hydroxylation is 1. The van der Waals surface area contributed by atoms with E-state index in [1.165, 1.54) is 0 Å². The maximum atomic E-state index is 11.1. The number of aromatic hydroxyl groups is 1. The molecule has 144 valence electrons. The van der Waals surface area contributed by atoms with Gasteiger partial charge in [0.1, 0.15) is 17.1 Å². The van der Waals surface area contributed by atoms with Crippen LogP contribution in [0.1, 0.15) is 22.9 Å². The smallest absolute Gasteiger partial charge is 0.231 e. The molecule has 0 unspecified atom stereocenters. The van der Waals surface area contributed by atoms with Crippen LogP contribution in [-0.4, -0.2) is 21.9 Å². The molecule has 2 aromatic carbocycles. The number of nitrogens with one attached hydrogen (secondary N) is 1. The van der Waals surface area contributed by atoms with E-state index in [-0.39, 0.29) is 18.6 Å². The third kappa shape index (κ3) is 3.18. The van der Waals surface area contributed by atoms with Gasteiger partial charge in [-0.25, -0.2) is 9.97 Å². The molecule has 2 N–H and O–H groups in total. The molecular weight excluding hydrogens is 366 g/mol. The second-order valence-corrected chi connectivity index (χ2v) is 6.93. The summed E-state index contributed by atoms with van der Waals surface area (Å²) in [5.41, 5.74) is 3.06. The number of phenolic OH excluding ortho intramolecular Hbond substituents is 1. The average Bonchev–Trinajstić information content (AvgIpc) is 3.22. The SMILES string of the molecule is Cc1ccc2ccc([C@@H](Nc3ccccn3)c3ccc4c(c3)OCO4)c(O)c2n1. The van der Waals surface area contributed by atoms with Crippen LogP contribution >= 0.6 is 0 Å². The molecule has 6 heteroatoms. The summed E-state index contributed by atoms with van der Waals surface area (Å²) in [4.78, 5) is 8.92. The van der Waals surface area contributed by atoms with E-state index >= 15 is 0 Å². The molecule has 2 aromatic heterocycles. The summed E-state index contributed by atoms with van der Waals surface area (Å²) < 4.78 is 11.0. The predicted octanol–water partition coefficient (Wildman–Crippen LogP) is 4.57. The van der Waals surface area contributed by atoms with Gasteiger partial charge in [0.05, 0.1) is 6.04 Å². The van der Waals surface area contributed by atoms with Gasteiger partial charge in [0.25, 0.3) is 0 Å². The van der Waals surface area contributed by atoms with E-state index in [0.29, 0.717) is 28.4 Å². The zero-order chi connectivity index (χ0) is 19.8. The number of hydrogen-bond acceptors (Lipinski definition) is 6. The lowest BCUT2D eigenvalue weighted by molar-refractivity contribution is 0.174. The molecule has 0 fully saturated rings. The van der Waals surface area contributed by atoms with Crippen molar-refractivity contribution in [2.75, 3.05) is 12.1 Å². The maximum absolute atomic E-state index is 11.1. The van der Waals surface area contributed by atoms with Crippen LogP contribution in [0.5, 0.6) is 17.2 Å². The van der Waals surface area contributed by atoms with Gasteiger partial charge < -0.3 is 19.9 Å². The van der Waals surface area contributed by atoms with Crippen molar-refractivity contribution < 1.29 is 14.6 Å². The van der Waals surface area contributed by atoms with Crippen LogP contribution in [0, 0.1) is 6.92 Å². The molecule has 4 aromatic rings. The average molecular weight is 385 g/mol. The van der Waals surface area contributed by atoms with Crippen molar-refractivity contribution in [1.82, 2.24) is 9.97 Å². The van der Waals surface area contributed by atoms with Gasteiger partial charge in [-0.15, -0.1) is 0 Å². The fourth-order valence-corrected chi connectivity index (χ4v) is 3.55. The van der Waals surface area contributed by atoms with E-state index in [0.717, 1.165) is 16.6 Å². The Labute approximate surface area is 167 Å². The Bertz CT molecular complexity index is 1190. The molecule has 0 spiro atoms. The van der Waals surface area contributed by atoms with Crippen LogP contribution in [0.15, 0.2) is 66.9 Å². The zero-order valence-corrected chi connectivity index (χ0v) is 15.8. The first-order valence-electron chi connectivity index (χ1n) is 9.35. The fourth-order valence-electron chi connectivity index (χ4n) is 3.55. The summed E-state index contributed by atoms with van der Waals surface area (Å²) in [5, 5.41) is 15.4. The first kappa shape index (κ1) is 17.3. The molecule has 1 aliphatic heterocycles. The van der Waals surface area contributed by atoms with E-state index in [9.17, 15) is 5.11 Å². The Morgan fingerprint density at radius 1 is 1.00 bits per heavy atom. The van der Waals surface area contributed by atoms with Gasteiger partial charge in [0, 0.05) is 22.8 Å². The van der Waals surface area contributed by atoms with Crippen LogP contribution < -0.4 is 14.8 Å². The van der Waals surface area contributed by atoms with Crippen LogP contribution in [0.4, 0.5) is 5.82 Å². The molecule has 0 radical (unpaired) electrons. The van der Waals surface area contributed by atoms with E-state index in [2.05, 4.69) is 15.3 Å². The first-order chi connectivity index (χ1) is 14.2. The van der Waals surface area contributed by atoms with Crippen molar-refractivity contribution in [3.63, 3.8) is 0 Å². The van der Waals surface area contributed by atoms with Gasteiger partial charge in [-0.05, 0) is 42.8 Å². The molecule has 0 saturated carbocycles. The standard InChI is InChI=1S/C23H19N3O3/c1-14-5-6-15-7-9-17(23(27)22(15)25-14)21(26-20-4-2-3-11-24-20)16-8-10-18-19(12-16)29-13-28-18/h2-12,21,27H,13H2,1H3,(H,24,26)/t21-/m0/s1. The van der Waals surface area contributed by atoms with E-state index < -0.39 is 0 Å². The van der Waals surface area contributed by atoms with E-state index in [1.54, 1.807) is 6.20 Å². The van der Waals surface area contributed by atoms with Crippen molar-refractivity contribution in [3.8, 4) is 17.2 Å². The summed E-state index contributed by atoms with van der Waals surface area (Å²) in [6.07, 6.45) is 1.73. The first-order valence-corrected chi connectivity index (χ1v) is 9.35. The largest absolute Gasteiger partial charge is 0.505 e. The summed E-state index contributed by atoms with van der Waals surface area (Å²) >= 11 is 0. The van der Waals surface area contributed by atoms with Crippen molar-refractivity contribution >= 4 is 16.7 Å². The number of fused-ring (bicyclic) bond motifs is 2. The lowest BCUT2D eigenvalue weighted by atomic mass is 9.95. The number of benzene rings is 2. The number of aromatic nitrogens is 2. The van der Waals surface area contributed by atoms with Gasteiger partial charge in [0.2, 0.25) is 6.79 Å². The highest BCUT2D eigenvalue weighted by molar-refractivity contribution is 5.86. The second kappa shape index (κ2) is 6.98. The van der Waals surface area contributed by atoms with Gasteiger partial charge >= 0.3 is 0 Å². The van der Waals surface area contributed by atoms with Crippen LogP contribution in [0.2, 0.25) is 0 Å². The van der Waals surface area contributed by atoms with Crippen LogP contribution in [0.3, 0.4) is 0 Å². The fraction of sp³-hybridized carbons (Fsp3) is 0.130. The number of anilines is 1. The third-order valence-electron chi connectivity index (χ3n) is 5.00. The number of rotatable bonds is 4. The Balaban J connectivity index is 1.66. The monoisotopic (exact) mass is 385 g/mol. The maximum Gasteiger partial charge on any atom is 0.231 e. The molecule has 0 aliphatic carbocycles. The molecule has 0 amide bonds. The minimum absolute atomic E-state index is 0.150. The minimum Gasteiger partial charge on any atom is -0.505 e. The molecule has 1 aliphatic rings. The van der Waals surface area contributed by atoms with E-state index in [4.69, 9.17) is 9.47 Å². The molecule has 29 heavy (non-hydrogen) atoms. The van der Waals surface area contributed by atoms with Crippen molar-refractivity contribution in [3.05, 3.63) is 83.7 Å². The summed E-state index contributed by atoms with van der Waals surface area (Å²) in [5.74, 6) is 2.25. The number of nitrogens with zero attached hydrogens (tertiary/aromatic N) is 2. The Kier molecular flexibility index (Phi) is 4.17. The lowest BCUT2D eigenvalue weighted by Gasteiger charge is -2.22. The summed E-state index contributed by atoms with van der Waals surface area (Å²) in [6.45, 7) is 2.12. The molecule has 1 atom stereocenters. The minimum atomic E-state index is -0.355. The molecular formula is C23H19N3O3. The third-order valence-corrected chi connectivity index (χ3v) is 5.00. The van der Waals surface area contributed by atoms with Crippen molar-refractivity contribution in [2.45, 2.75) is 13.0 Å². The van der Waals surface area contributed by atoms with Gasteiger partial charge in [0.15, 0.2) is 11.5 Å². The van der Waals surface area contributed by atoms with E-state index in [1.807, 2.05) is 67.6 Å². The lowest BCUT2D eigenvalue weighted by Crippen LogP contribution is -2.13.